The zero-order chi connectivity index (χ0) is 21.0. The van der Waals surface area contributed by atoms with Gasteiger partial charge in [-0.15, -0.1) is 0 Å². The molecule has 2 aliphatic heterocycles. The summed E-state index contributed by atoms with van der Waals surface area (Å²) >= 11 is 0. The number of para-hydroxylation sites is 2. The molecular weight excluding hydrogens is 386 g/mol. The zero-order valence-electron chi connectivity index (χ0n) is 17.6. The van der Waals surface area contributed by atoms with Crippen LogP contribution < -0.4 is 14.5 Å². The van der Waals surface area contributed by atoms with Gasteiger partial charge in [-0.1, -0.05) is 36.4 Å². The topological polar surface area (TPSA) is 36.0 Å². The summed E-state index contributed by atoms with van der Waals surface area (Å²) in [6.45, 7) is 4.73. The number of carbonyl (C=O) groups excluding carboxylic acids is 1. The summed E-state index contributed by atoms with van der Waals surface area (Å²) in [5.74, 6) is 1.78. The Bertz CT molecular complexity index is 1000. The summed E-state index contributed by atoms with van der Waals surface area (Å²) in [5, 5.41) is 0. The van der Waals surface area contributed by atoms with Gasteiger partial charge in [-0.3, -0.25) is 9.69 Å². The van der Waals surface area contributed by atoms with Gasteiger partial charge in [0.05, 0.1) is 0 Å². The number of nitrogens with zero attached hydrogens (tertiary/aromatic N) is 3. The molecule has 0 radical (unpaired) electrons. The highest BCUT2D eigenvalue weighted by atomic mass is 16.5. The summed E-state index contributed by atoms with van der Waals surface area (Å²) in [7, 11) is 0. The number of benzene rings is 3. The standard InChI is InChI=1S/C26H27N3O2/c30-26-19-23(28-17-15-27(16-18-28)21-7-3-1-4-8-21)20-29(26)22-11-13-25(14-12-22)31-24-9-5-2-6-10-24/h1-14,23H,15-20H2/t23-/m1/s1. The Labute approximate surface area is 183 Å². The molecule has 1 amide bonds. The van der Waals surface area contributed by atoms with Crippen LogP contribution in [0.4, 0.5) is 11.4 Å². The van der Waals surface area contributed by atoms with Gasteiger partial charge < -0.3 is 14.5 Å². The smallest absolute Gasteiger partial charge is 0.228 e. The molecule has 5 rings (SSSR count). The normalized spacial score (nSPS) is 19.6. The molecule has 0 aliphatic carbocycles. The molecule has 158 valence electrons. The molecule has 5 nitrogen and oxygen atoms in total. The van der Waals surface area contributed by atoms with Crippen molar-refractivity contribution in [3.8, 4) is 11.5 Å². The molecule has 0 unspecified atom stereocenters. The van der Waals surface area contributed by atoms with Crippen LogP contribution in [0, 0.1) is 0 Å². The van der Waals surface area contributed by atoms with Crippen molar-refractivity contribution in [2.24, 2.45) is 0 Å². The van der Waals surface area contributed by atoms with Gasteiger partial charge in [0.2, 0.25) is 5.91 Å². The molecule has 1 atom stereocenters. The summed E-state index contributed by atoms with van der Waals surface area (Å²) in [6, 6.07) is 28.4. The maximum Gasteiger partial charge on any atom is 0.228 e. The highest BCUT2D eigenvalue weighted by molar-refractivity contribution is 5.96. The van der Waals surface area contributed by atoms with Crippen molar-refractivity contribution >= 4 is 17.3 Å². The van der Waals surface area contributed by atoms with E-state index in [0.29, 0.717) is 6.42 Å². The third-order valence-corrected chi connectivity index (χ3v) is 6.18. The Morgan fingerprint density at radius 2 is 1.29 bits per heavy atom. The Morgan fingerprint density at radius 3 is 1.97 bits per heavy atom. The van der Waals surface area contributed by atoms with Gasteiger partial charge in [-0.05, 0) is 48.5 Å². The quantitative estimate of drug-likeness (QED) is 0.621. The van der Waals surface area contributed by atoms with E-state index in [1.54, 1.807) is 0 Å². The highest BCUT2D eigenvalue weighted by Crippen LogP contribution is 2.29. The lowest BCUT2D eigenvalue weighted by molar-refractivity contribution is -0.117. The summed E-state index contributed by atoms with van der Waals surface area (Å²) in [4.78, 5) is 19.6. The number of anilines is 2. The molecule has 3 aromatic carbocycles. The van der Waals surface area contributed by atoms with E-state index >= 15 is 0 Å². The minimum absolute atomic E-state index is 0.201. The number of hydrogen-bond acceptors (Lipinski definition) is 4. The minimum atomic E-state index is 0.201. The first-order valence-corrected chi connectivity index (χ1v) is 10.9. The minimum Gasteiger partial charge on any atom is -0.457 e. The van der Waals surface area contributed by atoms with Crippen LogP contribution in [-0.2, 0) is 4.79 Å². The van der Waals surface area contributed by atoms with Crippen LogP contribution in [0.3, 0.4) is 0 Å². The predicted molar refractivity (Wildman–Crippen MR) is 124 cm³/mol. The lowest BCUT2D eigenvalue weighted by Gasteiger charge is -2.38. The monoisotopic (exact) mass is 413 g/mol. The van der Waals surface area contributed by atoms with Gasteiger partial charge in [0.1, 0.15) is 11.5 Å². The molecular formula is C26H27N3O2. The fraction of sp³-hybridized carbons (Fsp3) is 0.269. The third-order valence-electron chi connectivity index (χ3n) is 6.18. The van der Waals surface area contributed by atoms with Crippen LogP contribution in [0.15, 0.2) is 84.9 Å². The van der Waals surface area contributed by atoms with Gasteiger partial charge >= 0.3 is 0 Å². The van der Waals surface area contributed by atoms with E-state index in [1.807, 2.05) is 59.5 Å². The molecule has 31 heavy (non-hydrogen) atoms. The fourth-order valence-corrected chi connectivity index (χ4v) is 4.49. The molecule has 0 bridgehead atoms. The van der Waals surface area contributed by atoms with E-state index in [2.05, 4.69) is 40.1 Å². The second-order valence-corrected chi connectivity index (χ2v) is 8.13. The second-order valence-electron chi connectivity index (χ2n) is 8.13. The van der Waals surface area contributed by atoms with Gasteiger partial charge in [-0.2, -0.15) is 0 Å². The molecule has 2 heterocycles. The summed E-state index contributed by atoms with van der Waals surface area (Å²) < 4.78 is 5.87. The van der Waals surface area contributed by atoms with Gasteiger partial charge in [-0.25, -0.2) is 0 Å². The average molecular weight is 414 g/mol. The zero-order valence-corrected chi connectivity index (χ0v) is 17.6. The van der Waals surface area contributed by atoms with Crippen molar-refractivity contribution in [1.29, 1.82) is 0 Å². The van der Waals surface area contributed by atoms with Crippen LogP contribution in [-0.4, -0.2) is 49.6 Å². The number of ether oxygens (including phenoxy) is 1. The van der Waals surface area contributed by atoms with E-state index < -0.39 is 0 Å². The van der Waals surface area contributed by atoms with E-state index in [-0.39, 0.29) is 11.9 Å². The maximum absolute atomic E-state index is 12.7. The number of rotatable bonds is 5. The molecule has 3 aromatic rings. The van der Waals surface area contributed by atoms with Gasteiger partial charge in [0, 0.05) is 56.6 Å². The molecule has 0 spiro atoms. The van der Waals surface area contributed by atoms with Crippen LogP contribution in [0.5, 0.6) is 11.5 Å². The molecule has 0 N–H and O–H groups in total. The number of amides is 1. The molecule has 2 fully saturated rings. The van der Waals surface area contributed by atoms with Crippen LogP contribution in [0.1, 0.15) is 6.42 Å². The van der Waals surface area contributed by atoms with Gasteiger partial charge in [0.25, 0.3) is 0 Å². The van der Waals surface area contributed by atoms with Crippen LogP contribution in [0.25, 0.3) is 0 Å². The first kappa shape index (κ1) is 19.6. The number of piperazine rings is 1. The molecule has 2 aliphatic rings. The van der Waals surface area contributed by atoms with Crippen LogP contribution >= 0.6 is 0 Å². The van der Waals surface area contributed by atoms with Crippen molar-refractivity contribution in [3.63, 3.8) is 0 Å². The van der Waals surface area contributed by atoms with E-state index in [1.165, 1.54) is 5.69 Å². The van der Waals surface area contributed by atoms with Crippen molar-refractivity contribution in [2.45, 2.75) is 12.5 Å². The first-order chi connectivity index (χ1) is 15.3. The lowest BCUT2D eigenvalue weighted by Crippen LogP contribution is -2.51. The molecule has 0 saturated carbocycles. The van der Waals surface area contributed by atoms with Crippen LogP contribution in [0.2, 0.25) is 0 Å². The maximum atomic E-state index is 12.7. The third kappa shape index (κ3) is 4.42. The number of carbonyl (C=O) groups is 1. The van der Waals surface area contributed by atoms with Crippen molar-refractivity contribution in [1.82, 2.24) is 4.90 Å². The Morgan fingerprint density at radius 1 is 0.677 bits per heavy atom. The second kappa shape index (κ2) is 8.82. The van der Waals surface area contributed by atoms with E-state index in [9.17, 15) is 4.79 Å². The number of hydrogen-bond donors (Lipinski definition) is 0. The average Bonchev–Trinajstić information content (AvgIpc) is 3.22. The largest absolute Gasteiger partial charge is 0.457 e. The van der Waals surface area contributed by atoms with Crippen molar-refractivity contribution < 1.29 is 9.53 Å². The summed E-state index contributed by atoms with van der Waals surface area (Å²) in [5.41, 5.74) is 2.22. The predicted octanol–water partition coefficient (Wildman–Crippen LogP) is 4.41. The Balaban J connectivity index is 1.19. The van der Waals surface area contributed by atoms with Crippen molar-refractivity contribution in [3.05, 3.63) is 84.9 Å². The molecule has 0 aromatic heterocycles. The molecule has 2 saturated heterocycles. The Kier molecular flexibility index (Phi) is 5.59. The van der Waals surface area contributed by atoms with Gasteiger partial charge in [0.15, 0.2) is 0 Å². The Hall–Kier alpha value is -3.31. The van der Waals surface area contributed by atoms with Crippen molar-refractivity contribution in [2.75, 3.05) is 42.5 Å². The van der Waals surface area contributed by atoms with E-state index in [0.717, 1.165) is 49.9 Å². The molecule has 5 heteroatoms. The highest BCUT2D eigenvalue weighted by Gasteiger charge is 2.35. The van der Waals surface area contributed by atoms with E-state index in [4.69, 9.17) is 4.74 Å². The fourth-order valence-electron chi connectivity index (χ4n) is 4.49. The lowest BCUT2D eigenvalue weighted by atomic mass is 10.1. The SMILES string of the molecule is O=C1C[C@@H](N2CCN(c3ccccc3)CC2)CN1c1ccc(Oc2ccccc2)cc1. The first-order valence-electron chi connectivity index (χ1n) is 10.9. The summed E-state index contributed by atoms with van der Waals surface area (Å²) in [6.07, 6.45) is 0.591.